The number of hydrogen-bond acceptors (Lipinski definition) is 2. The fourth-order valence-electron chi connectivity index (χ4n) is 1.89. The molecule has 1 unspecified atom stereocenters. The normalized spacial score (nSPS) is 13.0. The molecule has 0 aliphatic carbocycles. The molecule has 0 amide bonds. The van der Waals surface area contributed by atoms with Gasteiger partial charge in [-0.3, -0.25) is 0 Å². The number of hydrogen-bond donors (Lipinski definition) is 1. The lowest BCUT2D eigenvalue weighted by Crippen LogP contribution is -2.25. The number of rotatable bonds is 3. The van der Waals surface area contributed by atoms with Gasteiger partial charge in [-0.25, -0.2) is 4.21 Å². The summed E-state index contributed by atoms with van der Waals surface area (Å²) >= 11 is 0. The van der Waals surface area contributed by atoms with E-state index in [0.717, 1.165) is 15.5 Å². The standard InChI is InChI=1S/C17H21NOS/c1-13-5-9-15(10-6-13)20(19)16-11-7-14(8-12-16)18-17(2,3)4/h5-12,18H,1-4H3. The van der Waals surface area contributed by atoms with Crippen molar-refractivity contribution in [2.75, 3.05) is 5.32 Å². The van der Waals surface area contributed by atoms with Crippen molar-refractivity contribution in [2.45, 2.75) is 43.0 Å². The van der Waals surface area contributed by atoms with E-state index in [1.807, 2.05) is 55.5 Å². The molecule has 1 atom stereocenters. The Bertz CT molecular complexity index is 594. The van der Waals surface area contributed by atoms with Crippen LogP contribution >= 0.6 is 0 Å². The van der Waals surface area contributed by atoms with Gasteiger partial charge in [0.25, 0.3) is 0 Å². The SMILES string of the molecule is Cc1ccc(S(=O)c2ccc(NC(C)(C)C)cc2)cc1. The van der Waals surface area contributed by atoms with Crippen LogP contribution in [0.4, 0.5) is 5.69 Å². The topological polar surface area (TPSA) is 29.1 Å². The van der Waals surface area contributed by atoms with Gasteiger partial charge >= 0.3 is 0 Å². The van der Waals surface area contributed by atoms with E-state index in [4.69, 9.17) is 0 Å². The van der Waals surface area contributed by atoms with Crippen LogP contribution in [-0.2, 0) is 10.8 Å². The van der Waals surface area contributed by atoms with Gasteiger partial charge in [-0.1, -0.05) is 17.7 Å². The predicted molar refractivity (Wildman–Crippen MR) is 85.7 cm³/mol. The Morgan fingerprint density at radius 3 is 1.75 bits per heavy atom. The van der Waals surface area contributed by atoms with Gasteiger partial charge in [0.1, 0.15) is 0 Å². The maximum Gasteiger partial charge on any atom is 0.0849 e. The van der Waals surface area contributed by atoms with Crippen LogP contribution in [0.5, 0.6) is 0 Å². The Labute approximate surface area is 123 Å². The minimum atomic E-state index is -1.11. The van der Waals surface area contributed by atoms with Gasteiger partial charge < -0.3 is 5.32 Å². The summed E-state index contributed by atoms with van der Waals surface area (Å²) in [6.07, 6.45) is 0. The highest BCUT2D eigenvalue weighted by Crippen LogP contribution is 2.20. The van der Waals surface area contributed by atoms with Crippen molar-refractivity contribution >= 4 is 16.5 Å². The molecule has 0 spiro atoms. The van der Waals surface area contributed by atoms with E-state index in [1.165, 1.54) is 5.56 Å². The molecule has 0 aromatic heterocycles. The fraction of sp³-hybridized carbons (Fsp3) is 0.294. The first-order chi connectivity index (χ1) is 9.35. The molecule has 0 heterocycles. The van der Waals surface area contributed by atoms with E-state index in [1.54, 1.807) is 0 Å². The van der Waals surface area contributed by atoms with Gasteiger partial charge in [-0.05, 0) is 64.1 Å². The first-order valence-electron chi connectivity index (χ1n) is 6.72. The second kappa shape index (κ2) is 5.80. The third kappa shape index (κ3) is 3.94. The Morgan fingerprint density at radius 1 is 0.850 bits per heavy atom. The third-order valence-corrected chi connectivity index (χ3v) is 4.22. The zero-order chi connectivity index (χ0) is 14.8. The van der Waals surface area contributed by atoms with Crippen molar-refractivity contribution < 1.29 is 4.21 Å². The van der Waals surface area contributed by atoms with Crippen molar-refractivity contribution in [3.8, 4) is 0 Å². The van der Waals surface area contributed by atoms with Crippen molar-refractivity contribution in [2.24, 2.45) is 0 Å². The van der Waals surface area contributed by atoms with Crippen LogP contribution in [0, 0.1) is 6.92 Å². The number of anilines is 1. The van der Waals surface area contributed by atoms with E-state index in [-0.39, 0.29) is 5.54 Å². The molecule has 2 rings (SSSR count). The lowest BCUT2D eigenvalue weighted by molar-refractivity contribution is 0.634. The summed E-state index contributed by atoms with van der Waals surface area (Å²) in [7, 11) is -1.11. The molecule has 0 fully saturated rings. The van der Waals surface area contributed by atoms with Gasteiger partial charge in [0.05, 0.1) is 10.8 Å². The molecule has 0 saturated heterocycles. The number of benzene rings is 2. The largest absolute Gasteiger partial charge is 0.380 e. The zero-order valence-electron chi connectivity index (χ0n) is 12.4. The average Bonchev–Trinajstić information content (AvgIpc) is 2.38. The summed E-state index contributed by atoms with van der Waals surface area (Å²) in [4.78, 5) is 1.67. The van der Waals surface area contributed by atoms with Crippen LogP contribution < -0.4 is 5.32 Å². The number of aryl methyl sites for hydroxylation is 1. The highest BCUT2D eigenvalue weighted by molar-refractivity contribution is 7.85. The molecule has 2 aromatic rings. The minimum Gasteiger partial charge on any atom is -0.380 e. The number of nitrogens with one attached hydrogen (secondary N) is 1. The second-order valence-electron chi connectivity index (χ2n) is 5.98. The van der Waals surface area contributed by atoms with Gasteiger partial charge in [0, 0.05) is 21.0 Å². The van der Waals surface area contributed by atoms with Crippen LogP contribution in [0.2, 0.25) is 0 Å². The van der Waals surface area contributed by atoms with Crippen LogP contribution in [0.1, 0.15) is 26.3 Å². The lowest BCUT2D eigenvalue weighted by Gasteiger charge is -2.22. The van der Waals surface area contributed by atoms with Crippen molar-refractivity contribution in [3.63, 3.8) is 0 Å². The van der Waals surface area contributed by atoms with Crippen LogP contribution in [0.15, 0.2) is 58.3 Å². The van der Waals surface area contributed by atoms with Crippen molar-refractivity contribution in [1.82, 2.24) is 0 Å². The Balaban J connectivity index is 2.17. The first kappa shape index (κ1) is 14.8. The average molecular weight is 287 g/mol. The van der Waals surface area contributed by atoms with Gasteiger partial charge in [0.2, 0.25) is 0 Å². The van der Waals surface area contributed by atoms with E-state index >= 15 is 0 Å². The molecule has 0 saturated carbocycles. The van der Waals surface area contributed by atoms with Crippen molar-refractivity contribution in [3.05, 3.63) is 54.1 Å². The van der Waals surface area contributed by atoms with E-state index in [9.17, 15) is 4.21 Å². The summed E-state index contributed by atoms with van der Waals surface area (Å²) in [5.41, 5.74) is 2.25. The highest BCUT2D eigenvalue weighted by Gasteiger charge is 2.10. The Hall–Kier alpha value is -1.61. The maximum atomic E-state index is 12.4. The molecule has 20 heavy (non-hydrogen) atoms. The molecule has 1 N–H and O–H groups in total. The smallest absolute Gasteiger partial charge is 0.0849 e. The highest BCUT2D eigenvalue weighted by atomic mass is 32.2. The quantitative estimate of drug-likeness (QED) is 0.908. The zero-order valence-corrected chi connectivity index (χ0v) is 13.3. The first-order valence-corrected chi connectivity index (χ1v) is 7.87. The second-order valence-corrected chi connectivity index (χ2v) is 7.46. The molecule has 0 bridgehead atoms. The molecule has 2 aromatic carbocycles. The molecule has 2 nitrogen and oxygen atoms in total. The van der Waals surface area contributed by atoms with Gasteiger partial charge in [0.15, 0.2) is 0 Å². The van der Waals surface area contributed by atoms with Crippen LogP contribution in [-0.4, -0.2) is 9.75 Å². The maximum absolute atomic E-state index is 12.4. The van der Waals surface area contributed by atoms with Crippen LogP contribution in [0.3, 0.4) is 0 Å². The lowest BCUT2D eigenvalue weighted by atomic mass is 10.1. The van der Waals surface area contributed by atoms with E-state index in [0.29, 0.717) is 0 Å². The van der Waals surface area contributed by atoms with E-state index < -0.39 is 10.8 Å². The Kier molecular flexibility index (Phi) is 4.29. The monoisotopic (exact) mass is 287 g/mol. The van der Waals surface area contributed by atoms with E-state index in [2.05, 4.69) is 26.1 Å². The molecular formula is C17H21NOS. The molecule has 3 heteroatoms. The Morgan fingerprint density at radius 2 is 1.30 bits per heavy atom. The van der Waals surface area contributed by atoms with Crippen LogP contribution in [0.25, 0.3) is 0 Å². The minimum absolute atomic E-state index is 0.0254. The summed E-state index contributed by atoms with van der Waals surface area (Å²) < 4.78 is 12.4. The third-order valence-electron chi connectivity index (χ3n) is 2.82. The summed E-state index contributed by atoms with van der Waals surface area (Å²) in [6.45, 7) is 8.38. The molecular weight excluding hydrogens is 266 g/mol. The summed E-state index contributed by atoms with van der Waals surface area (Å²) in [5, 5.41) is 3.40. The summed E-state index contributed by atoms with van der Waals surface area (Å²) in [6, 6.07) is 15.6. The van der Waals surface area contributed by atoms with Crippen molar-refractivity contribution in [1.29, 1.82) is 0 Å². The molecule has 106 valence electrons. The fourth-order valence-corrected chi connectivity index (χ4v) is 2.93. The molecule has 0 aliphatic rings. The van der Waals surface area contributed by atoms with Gasteiger partial charge in [-0.2, -0.15) is 0 Å². The molecule has 0 aliphatic heterocycles. The summed E-state index contributed by atoms with van der Waals surface area (Å²) in [5.74, 6) is 0. The molecule has 0 radical (unpaired) electrons. The van der Waals surface area contributed by atoms with Gasteiger partial charge in [-0.15, -0.1) is 0 Å². The predicted octanol–water partition coefficient (Wildman–Crippen LogP) is 4.37.